The van der Waals surface area contributed by atoms with Gasteiger partial charge in [-0.15, -0.1) is 0 Å². The summed E-state index contributed by atoms with van der Waals surface area (Å²) in [5.74, 6) is -0.0823. The summed E-state index contributed by atoms with van der Waals surface area (Å²) in [6, 6.07) is 13.9. The first kappa shape index (κ1) is 14.5. The van der Waals surface area contributed by atoms with Gasteiger partial charge in [-0.2, -0.15) is 0 Å². The highest BCUT2D eigenvalue weighted by atomic mass is 32.2. The third-order valence-electron chi connectivity index (χ3n) is 3.03. The Morgan fingerprint density at radius 3 is 2.40 bits per heavy atom. The Bertz CT molecular complexity index is 746. The van der Waals surface area contributed by atoms with Crippen molar-refractivity contribution < 1.29 is 13.2 Å². The van der Waals surface area contributed by atoms with Crippen LogP contribution in [-0.4, -0.2) is 20.5 Å². The van der Waals surface area contributed by atoms with E-state index in [1.807, 2.05) is 31.2 Å². The van der Waals surface area contributed by atoms with Crippen LogP contribution < -0.4 is 0 Å². The highest BCUT2D eigenvalue weighted by Gasteiger charge is 2.12. The Kier molecular flexibility index (Phi) is 4.04. The van der Waals surface area contributed by atoms with Gasteiger partial charge in [0.1, 0.15) is 0 Å². The highest BCUT2D eigenvalue weighted by Crippen LogP contribution is 2.14. The van der Waals surface area contributed by atoms with E-state index in [0.29, 0.717) is 5.56 Å². The van der Waals surface area contributed by atoms with Gasteiger partial charge in [-0.25, -0.2) is 8.42 Å². The first-order valence-corrected chi connectivity index (χ1v) is 8.14. The molecule has 0 atom stereocenters. The highest BCUT2D eigenvalue weighted by molar-refractivity contribution is 7.90. The Morgan fingerprint density at radius 2 is 1.75 bits per heavy atom. The van der Waals surface area contributed by atoms with Gasteiger partial charge in [0, 0.05) is 18.2 Å². The Hall–Kier alpha value is -1.94. The summed E-state index contributed by atoms with van der Waals surface area (Å²) in [5, 5.41) is 0. The van der Waals surface area contributed by atoms with Crippen LogP contribution in [0.2, 0.25) is 0 Å². The maximum Gasteiger partial charge on any atom is 0.175 e. The van der Waals surface area contributed by atoms with Crippen molar-refractivity contribution in [3.63, 3.8) is 0 Å². The molecule has 0 radical (unpaired) electrons. The van der Waals surface area contributed by atoms with Crippen molar-refractivity contribution in [3.8, 4) is 0 Å². The number of rotatable bonds is 4. The quantitative estimate of drug-likeness (QED) is 0.813. The van der Waals surface area contributed by atoms with Crippen molar-refractivity contribution in [1.29, 1.82) is 0 Å². The average Bonchev–Trinajstić information content (AvgIpc) is 2.38. The van der Waals surface area contributed by atoms with Crippen LogP contribution in [-0.2, 0) is 16.3 Å². The molecule has 0 aromatic heterocycles. The fourth-order valence-corrected chi connectivity index (χ4v) is 2.68. The number of Topliss-reactive ketones (excluding diaryl/α,β-unsaturated/α-hetero) is 1. The van der Waals surface area contributed by atoms with Gasteiger partial charge in [-0.3, -0.25) is 4.79 Å². The minimum Gasteiger partial charge on any atom is -0.294 e. The molecule has 0 aliphatic heterocycles. The SMILES string of the molecule is Cc1cccc(CC(=O)c2cccc(S(C)(=O)=O)c2)c1. The van der Waals surface area contributed by atoms with Crippen molar-refractivity contribution in [2.75, 3.05) is 6.26 Å². The van der Waals surface area contributed by atoms with Crippen LogP contribution in [0.5, 0.6) is 0 Å². The molecule has 0 unspecified atom stereocenters. The van der Waals surface area contributed by atoms with Gasteiger partial charge in [-0.05, 0) is 24.6 Å². The lowest BCUT2D eigenvalue weighted by atomic mass is 10.0. The molecular formula is C16H16O3S. The predicted molar refractivity (Wildman–Crippen MR) is 78.8 cm³/mol. The zero-order chi connectivity index (χ0) is 14.8. The van der Waals surface area contributed by atoms with Crippen molar-refractivity contribution in [1.82, 2.24) is 0 Å². The van der Waals surface area contributed by atoms with Crippen LogP contribution >= 0.6 is 0 Å². The van der Waals surface area contributed by atoms with Crippen molar-refractivity contribution in [2.24, 2.45) is 0 Å². The third-order valence-corrected chi connectivity index (χ3v) is 4.14. The molecule has 0 amide bonds. The molecule has 0 heterocycles. The minimum absolute atomic E-state index is 0.0823. The molecule has 2 aromatic carbocycles. The lowest BCUT2D eigenvalue weighted by molar-refractivity contribution is 0.0993. The molecule has 2 aromatic rings. The number of hydrogen-bond donors (Lipinski definition) is 0. The molecule has 2 rings (SSSR count). The van der Waals surface area contributed by atoms with Crippen LogP contribution in [0.1, 0.15) is 21.5 Å². The maximum atomic E-state index is 12.2. The topological polar surface area (TPSA) is 51.2 Å². The van der Waals surface area contributed by atoms with Crippen LogP contribution in [0, 0.1) is 6.92 Å². The van der Waals surface area contributed by atoms with Crippen molar-refractivity contribution in [2.45, 2.75) is 18.2 Å². The largest absolute Gasteiger partial charge is 0.294 e. The molecule has 0 saturated carbocycles. The second kappa shape index (κ2) is 5.59. The van der Waals surface area contributed by atoms with Gasteiger partial charge in [0.25, 0.3) is 0 Å². The number of ketones is 1. The summed E-state index contributed by atoms with van der Waals surface area (Å²) in [5.41, 5.74) is 2.45. The van der Waals surface area contributed by atoms with Crippen LogP contribution in [0.3, 0.4) is 0 Å². The standard InChI is InChI=1S/C16H16O3S/c1-12-5-3-6-13(9-12)10-16(17)14-7-4-8-15(11-14)20(2,18)19/h3-9,11H,10H2,1-2H3. The summed E-state index contributed by atoms with van der Waals surface area (Å²) in [4.78, 5) is 12.4. The number of aryl methyl sites for hydroxylation is 1. The first-order valence-electron chi connectivity index (χ1n) is 6.25. The second-order valence-corrected chi connectivity index (χ2v) is 6.90. The van der Waals surface area contributed by atoms with E-state index in [9.17, 15) is 13.2 Å². The Labute approximate surface area is 119 Å². The van der Waals surface area contributed by atoms with E-state index < -0.39 is 9.84 Å². The first-order chi connectivity index (χ1) is 9.36. The monoisotopic (exact) mass is 288 g/mol. The van der Waals surface area contributed by atoms with Gasteiger partial charge in [-0.1, -0.05) is 42.0 Å². The molecule has 0 bridgehead atoms. The predicted octanol–water partition coefficient (Wildman–Crippen LogP) is 2.82. The number of carbonyl (C=O) groups is 1. The molecule has 20 heavy (non-hydrogen) atoms. The lowest BCUT2D eigenvalue weighted by Crippen LogP contribution is -2.06. The summed E-state index contributed by atoms with van der Waals surface area (Å²) >= 11 is 0. The van der Waals surface area contributed by atoms with Crippen molar-refractivity contribution >= 4 is 15.6 Å². The number of carbonyl (C=O) groups excluding carboxylic acids is 1. The number of hydrogen-bond acceptors (Lipinski definition) is 3. The molecular weight excluding hydrogens is 272 g/mol. The van der Waals surface area contributed by atoms with E-state index in [2.05, 4.69) is 0 Å². The molecule has 0 N–H and O–H groups in total. The van der Waals surface area contributed by atoms with Crippen LogP contribution in [0.25, 0.3) is 0 Å². The normalized spacial score (nSPS) is 11.3. The average molecular weight is 288 g/mol. The van der Waals surface area contributed by atoms with E-state index >= 15 is 0 Å². The molecule has 104 valence electrons. The van der Waals surface area contributed by atoms with E-state index in [0.717, 1.165) is 17.4 Å². The van der Waals surface area contributed by atoms with E-state index in [1.165, 1.54) is 12.1 Å². The fourth-order valence-electron chi connectivity index (χ4n) is 2.01. The minimum atomic E-state index is -3.29. The summed E-state index contributed by atoms with van der Waals surface area (Å²) in [7, 11) is -3.29. The van der Waals surface area contributed by atoms with Crippen LogP contribution in [0.4, 0.5) is 0 Å². The van der Waals surface area contributed by atoms with Gasteiger partial charge in [0.05, 0.1) is 4.90 Å². The number of sulfone groups is 1. The molecule has 0 spiro atoms. The molecule has 0 aliphatic rings. The molecule has 4 heteroatoms. The van der Waals surface area contributed by atoms with Crippen LogP contribution in [0.15, 0.2) is 53.4 Å². The Morgan fingerprint density at radius 1 is 1.05 bits per heavy atom. The van der Waals surface area contributed by atoms with Crippen molar-refractivity contribution in [3.05, 3.63) is 65.2 Å². The fraction of sp³-hybridized carbons (Fsp3) is 0.188. The smallest absolute Gasteiger partial charge is 0.175 e. The maximum absolute atomic E-state index is 12.2. The molecule has 0 saturated heterocycles. The van der Waals surface area contributed by atoms with E-state index in [1.54, 1.807) is 12.1 Å². The van der Waals surface area contributed by atoms with E-state index in [4.69, 9.17) is 0 Å². The summed E-state index contributed by atoms with van der Waals surface area (Å²) < 4.78 is 23.0. The second-order valence-electron chi connectivity index (χ2n) is 4.89. The van der Waals surface area contributed by atoms with Gasteiger partial charge in [0.15, 0.2) is 15.6 Å². The van der Waals surface area contributed by atoms with E-state index in [-0.39, 0.29) is 17.1 Å². The number of benzene rings is 2. The summed E-state index contributed by atoms with van der Waals surface area (Å²) in [6.45, 7) is 1.97. The van der Waals surface area contributed by atoms with Gasteiger partial charge in [0.2, 0.25) is 0 Å². The van der Waals surface area contributed by atoms with Gasteiger partial charge >= 0.3 is 0 Å². The zero-order valence-corrected chi connectivity index (χ0v) is 12.3. The molecule has 0 fully saturated rings. The van der Waals surface area contributed by atoms with Gasteiger partial charge < -0.3 is 0 Å². The third kappa shape index (κ3) is 3.54. The molecule has 3 nitrogen and oxygen atoms in total. The lowest BCUT2D eigenvalue weighted by Gasteiger charge is -2.04. The molecule has 0 aliphatic carbocycles. The Balaban J connectivity index is 2.26. The zero-order valence-electron chi connectivity index (χ0n) is 11.5. The summed E-state index contributed by atoms with van der Waals surface area (Å²) in [6.07, 6.45) is 1.41.